The van der Waals surface area contributed by atoms with E-state index in [1.807, 2.05) is 6.07 Å². The first-order valence-electron chi connectivity index (χ1n) is 5.12. The molecule has 1 aromatic rings. The van der Waals surface area contributed by atoms with Gasteiger partial charge in [0.05, 0.1) is 18.2 Å². The Kier molecular flexibility index (Phi) is 3.46. The maximum absolute atomic E-state index is 5.59. The van der Waals surface area contributed by atoms with Crippen LogP contribution < -0.4 is 9.47 Å². The molecule has 0 spiro atoms. The van der Waals surface area contributed by atoms with Gasteiger partial charge in [-0.2, -0.15) is 0 Å². The highest BCUT2D eigenvalue weighted by Gasteiger charge is 2.21. The summed E-state index contributed by atoms with van der Waals surface area (Å²) in [6.07, 6.45) is 5.54. The van der Waals surface area contributed by atoms with Crippen molar-refractivity contribution in [1.29, 1.82) is 0 Å². The van der Waals surface area contributed by atoms with Crippen LogP contribution in [0.2, 0.25) is 0 Å². The standard InChI is InChI=1S/C11H14BrNO2/c1-14-10-9(12)4-6-13-11(10)15-7-5-8-2-3-8/h4,6,8H,2-3,5,7H2,1H3. The van der Waals surface area contributed by atoms with Crippen LogP contribution in [0.4, 0.5) is 0 Å². The summed E-state index contributed by atoms with van der Waals surface area (Å²) in [5, 5.41) is 0. The van der Waals surface area contributed by atoms with E-state index in [1.54, 1.807) is 13.3 Å². The third kappa shape index (κ3) is 2.84. The van der Waals surface area contributed by atoms with Gasteiger partial charge >= 0.3 is 0 Å². The fraction of sp³-hybridized carbons (Fsp3) is 0.545. The summed E-state index contributed by atoms with van der Waals surface area (Å²) in [6, 6.07) is 1.84. The summed E-state index contributed by atoms with van der Waals surface area (Å²) in [7, 11) is 1.62. The van der Waals surface area contributed by atoms with Crippen molar-refractivity contribution in [3.05, 3.63) is 16.7 Å². The molecule has 1 aromatic heterocycles. The number of methoxy groups -OCH3 is 1. The number of hydrogen-bond acceptors (Lipinski definition) is 3. The molecule has 0 atom stereocenters. The van der Waals surface area contributed by atoms with Crippen LogP contribution in [0.5, 0.6) is 11.6 Å². The van der Waals surface area contributed by atoms with Gasteiger partial charge in [0.1, 0.15) is 0 Å². The van der Waals surface area contributed by atoms with Gasteiger partial charge in [-0.05, 0) is 34.3 Å². The quantitative estimate of drug-likeness (QED) is 0.825. The predicted molar refractivity (Wildman–Crippen MR) is 61.3 cm³/mol. The molecule has 1 heterocycles. The fourth-order valence-corrected chi connectivity index (χ4v) is 1.87. The SMILES string of the molecule is COc1c(Br)ccnc1OCCC1CC1. The summed E-state index contributed by atoms with van der Waals surface area (Å²) in [5.41, 5.74) is 0. The highest BCUT2D eigenvalue weighted by Crippen LogP contribution is 2.35. The monoisotopic (exact) mass is 271 g/mol. The highest BCUT2D eigenvalue weighted by molar-refractivity contribution is 9.10. The molecule has 3 nitrogen and oxygen atoms in total. The first kappa shape index (κ1) is 10.7. The Morgan fingerprint density at radius 3 is 3.00 bits per heavy atom. The van der Waals surface area contributed by atoms with Crippen LogP contribution in [0.25, 0.3) is 0 Å². The summed E-state index contributed by atoms with van der Waals surface area (Å²) in [6.45, 7) is 0.727. The molecular weight excluding hydrogens is 258 g/mol. The molecule has 1 aliphatic rings. The molecule has 0 saturated heterocycles. The van der Waals surface area contributed by atoms with Crippen molar-refractivity contribution in [2.75, 3.05) is 13.7 Å². The Labute approximate surface area is 97.9 Å². The van der Waals surface area contributed by atoms with Crippen LogP contribution in [-0.4, -0.2) is 18.7 Å². The molecule has 0 N–H and O–H groups in total. The van der Waals surface area contributed by atoms with Crippen molar-refractivity contribution < 1.29 is 9.47 Å². The lowest BCUT2D eigenvalue weighted by Crippen LogP contribution is -2.02. The minimum atomic E-state index is 0.576. The van der Waals surface area contributed by atoms with Gasteiger partial charge in [0.25, 0.3) is 5.88 Å². The lowest BCUT2D eigenvalue weighted by atomic mass is 10.3. The summed E-state index contributed by atoms with van der Waals surface area (Å²) >= 11 is 3.40. The third-order valence-electron chi connectivity index (χ3n) is 2.49. The number of rotatable bonds is 5. The van der Waals surface area contributed by atoms with Crippen molar-refractivity contribution in [2.24, 2.45) is 5.92 Å². The minimum Gasteiger partial charge on any atom is -0.490 e. The van der Waals surface area contributed by atoms with Crippen molar-refractivity contribution in [3.8, 4) is 11.6 Å². The zero-order chi connectivity index (χ0) is 10.7. The molecule has 0 amide bonds. The minimum absolute atomic E-state index is 0.576. The van der Waals surface area contributed by atoms with Crippen molar-refractivity contribution in [3.63, 3.8) is 0 Å². The van der Waals surface area contributed by atoms with E-state index in [0.29, 0.717) is 11.6 Å². The molecule has 2 rings (SSSR count). The number of pyridine rings is 1. The highest BCUT2D eigenvalue weighted by atomic mass is 79.9. The molecule has 0 radical (unpaired) electrons. The van der Waals surface area contributed by atoms with Gasteiger partial charge in [0, 0.05) is 6.20 Å². The van der Waals surface area contributed by atoms with Crippen molar-refractivity contribution in [2.45, 2.75) is 19.3 Å². The maximum Gasteiger partial charge on any atom is 0.258 e. The molecule has 0 aromatic carbocycles. The van der Waals surface area contributed by atoms with Gasteiger partial charge in [0.15, 0.2) is 5.75 Å². The molecule has 82 valence electrons. The smallest absolute Gasteiger partial charge is 0.258 e. The summed E-state index contributed by atoms with van der Waals surface area (Å²) in [5.74, 6) is 2.13. The number of hydrogen-bond donors (Lipinski definition) is 0. The lowest BCUT2D eigenvalue weighted by molar-refractivity contribution is 0.271. The van der Waals surface area contributed by atoms with Crippen LogP contribution >= 0.6 is 15.9 Å². The van der Waals surface area contributed by atoms with Gasteiger partial charge in [-0.25, -0.2) is 4.98 Å². The predicted octanol–water partition coefficient (Wildman–Crippen LogP) is 3.03. The van der Waals surface area contributed by atoms with Crippen molar-refractivity contribution in [1.82, 2.24) is 4.98 Å². The van der Waals surface area contributed by atoms with E-state index in [1.165, 1.54) is 12.8 Å². The van der Waals surface area contributed by atoms with Crippen LogP contribution in [0.15, 0.2) is 16.7 Å². The maximum atomic E-state index is 5.59. The zero-order valence-electron chi connectivity index (χ0n) is 8.70. The summed E-state index contributed by atoms with van der Waals surface area (Å²) < 4.78 is 11.7. The number of halogens is 1. The average Bonchev–Trinajstić information content (AvgIpc) is 3.02. The molecule has 1 fully saturated rings. The normalized spacial score (nSPS) is 15.1. The van der Waals surface area contributed by atoms with E-state index in [0.717, 1.165) is 23.4 Å². The number of nitrogens with zero attached hydrogens (tertiary/aromatic N) is 1. The van der Waals surface area contributed by atoms with Gasteiger partial charge in [-0.1, -0.05) is 12.8 Å². The first-order valence-corrected chi connectivity index (χ1v) is 5.92. The van der Waals surface area contributed by atoms with E-state index in [2.05, 4.69) is 20.9 Å². The largest absolute Gasteiger partial charge is 0.490 e. The zero-order valence-corrected chi connectivity index (χ0v) is 10.3. The molecule has 1 saturated carbocycles. The molecule has 0 aliphatic heterocycles. The topological polar surface area (TPSA) is 31.4 Å². The lowest BCUT2D eigenvalue weighted by Gasteiger charge is -2.09. The van der Waals surface area contributed by atoms with E-state index in [4.69, 9.17) is 9.47 Å². The van der Waals surface area contributed by atoms with Gasteiger partial charge < -0.3 is 9.47 Å². The molecular formula is C11H14BrNO2. The second kappa shape index (κ2) is 4.84. The van der Waals surface area contributed by atoms with E-state index in [-0.39, 0.29) is 0 Å². The third-order valence-corrected chi connectivity index (χ3v) is 3.11. The van der Waals surface area contributed by atoms with Crippen LogP contribution in [0.3, 0.4) is 0 Å². The Bertz CT molecular complexity index is 339. The van der Waals surface area contributed by atoms with Crippen LogP contribution in [0.1, 0.15) is 19.3 Å². The Morgan fingerprint density at radius 1 is 1.53 bits per heavy atom. The molecule has 1 aliphatic carbocycles. The number of ether oxygens (including phenoxy) is 2. The van der Waals surface area contributed by atoms with E-state index < -0.39 is 0 Å². The molecule has 0 unspecified atom stereocenters. The average molecular weight is 272 g/mol. The second-order valence-electron chi connectivity index (χ2n) is 3.71. The Hall–Kier alpha value is -0.770. The first-order chi connectivity index (χ1) is 7.31. The van der Waals surface area contributed by atoms with Crippen LogP contribution in [-0.2, 0) is 0 Å². The van der Waals surface area contributed by atoms with Crippen LogP contribution in [0, 0.1) is 5.92 Å². The van der Waals surface area contributed by atoms with E-state index >= 15 is 0 Å². The Morgan fingerprint density at radius 2 is 2.33 bits per heavy atom. The molecule has 4 heteroatoms. The molecule has 15 heavy (non-hydrogen) atoms. The van der Waals surface area contributed by atoms with Gasteiger partial charge in [-0.15, -0.1) is 0 Å². The van der Waals surface area contributed by atoms with Gasteiger partial charge in [0.2, 0.25) is 0 Å². The second-order valence-corrected chi connectivity index (χ2v) is 4.57. The van der Waals surface area contributed by atoms with Gasteiger partial charge in [-0.3, -0.25) is 0 Å². The Balaban J connectivity index is 1.95. The fourth-order valence-electron chi connectivity index (χ4n) is 1.42. The van der Waals surface area contributed by atoms with Crippen molar-refractivity contribution >= 4 is 15.9 Å². The summed E-state index contributed by atoms with van der Waals surface area (Å²) in [4.78, 5) is 4.15. The molecule has 0 bridgehead atoms. The number of aromatic nitrogens is 1. The van der Waals surface area contributed by atoms with E-state index in [9.17, 15) is 0 Å².